The van der Waals surface area contributed by atoms with Crippen molar-refractivity contribution in [2.75, 3.05) is 31.1 Å². The minimum atomic E-state index is -0.526. The molecule has 1 aromatic carbocycles. The summed E-state index contributed by atoms with van der Waals surface area (Å²) < 4.78 is 19.0. The lowest BCUT2D eigenvalue weighted by molar-refractivity contribution is 0.0240. The van der Waals surface area contributed by atoms with Gasteiger partial charge in [-0.25, -0.2) is 9.18 Å². The van der Waals surface area contributed by atoms with Crippen molar-refractivity contribution in [2.24, 2.45) is 0 Å². The van der Waals surface area contributed by atoms with Gasteiger partial charge in [-0.15, -0.1) is 0 Å². The summed E-state index contributed by atoms with van der Waals surface area (Å²) in [5.41, 5.74) is 0.105. The van der Waals surface area contributed by atoms with E-state index in [4.69, 9.17) is 4.74 Å². The van der Waals surface area contributed by atoms with E-state index in [1.807, 2.05) is 25.7 Å². The molecule has 2 rings (SSSR count). The molecule has 0 aromatic heterocycles. The Kier molecular flexibility index (Phi) is 4.68. The van der Waals surface area contributed by atoms with Crippen LogP contribution in [-0.2, 0) is 4.74 Å². The Bertz CT molecular complexity index is 561. The van der Waals surface area contributed by atoms with Crippen LogP contribution in [0.4, 0.5) is 14.9 Å². The zero-order chi connectivity index (χ0) is 16.3. The summed E-state index contributed by atoms with van der Waals surface area (Å²) in [5.74, 6) is -0.526. The molecule has 0 bridgehead atoms. The van der Waals surface area contributed by atoms with Crippen molar-refractivity contribution in [3.63, 3.8) is 0 Å². The van der Waals surface area contributed by atoms with Crippen LogP contribution in [0.3, 0.4) is 0 Å². The number of hydrogen-bond donors (Lipinski definition) is 0. The van der Waals surface area contributed by atoms with E-state index < -0.39 is 11.4 Å². The van der Waals surface area contributed by atoms with Crippen LogP contribution < -0.4 is 4.90 Å². The maximum Gasteiger partial charge on any atom is 0.410 e. The number of ether oxygens (including phenoxy) is 1. The molecule has 5 nitrogen and oxygen atoms in total. The number of hydrogen-bond acceptors (Lipinski definition) is 4. The molecule has 1 aliphatic heterocycles. The molecule has 1 amide bonds. The molecular weight excluding hydrogens is 287 g/mol. The van der Waals surface area contributed by atoms with E-state index in [1.165, 1.54) is 6.07 Å². The van der Waals surface area contributed by atoms with Crippen LogP contribution in [0.5, 0.6) is 0 Å². The first kappa shape index (κ1) is 16.3. The van der Waals surface area contributed by atoms with Gasteiger partial charge in [-0.1, -0.05) is 6.07 Å². The van der Waals surface area contributed by atoms with E-state index in [9.17, 15) is 14.0 Å². The molecule has 1 fully saturated rings. The molecule has 22 heavy (non-hydrogen) atoms. The quantitative estimate of drug-likeness (QED) is 0.788. The molecule has 0 atom stereocenters. The number of amides is 1. The summed E-state index contributed by atoms with van der Waals surface area (Å²) in [6, 6.07) is 4.57. The van der Waals surface area contributed by atoms with E-state index in [2.05, 4.69) is 0 Å². The third-order valence-electron chi connectivity index (χ3n) is 3.42. The molecule has 1 heterocycles. The van der Waals surface area contributed by atoms with Gasteiger partial charge in [-0.3, -0.25) is 4.79 Å². The van der Waals surface area contributed by atoms with Crippen molar-refractivity contribution < 1.29 is 18.7 Å². The number of halogens is 1. The molecule has 0 N–H and O–H groups in total. The van der Waals surface area contributed by atoms with Gasteiger partial charge in [-0.05, 0) is 32.9 Å². The van der Waals surface area contributed by atoms with Crippen LogP contribution in [0, 0.1) is 5.82 Å². The van der Waals surface area contributed by atoms with Gasteiger partial charge < -0.3 is 14.5 Å². The smallest absolute Gasteiger partial charge is 0.410 e. The van der Waals surface area contributed by atoms with Crippen molar-refractivity contribution in [3.05, 3.63) is 29.6 Å². The van der Waals surface area contributed by atoms with Crippen LogP contribution in [-0.4, -0.2) is 49.1 Å². The van der Waals surface area contributed by atoms with E-state index in [1.54, 1.807) is 17.0 Å². The van der Waals surface area contributed by atoms with Crippen molar-refractivity contribution in [1.29, 1.82) is 0 Å². The number of anilines is 1. The zero-order valence-electron chi connectivity index (χ0n) is 13.1. The Morgan fingerprint density at radius 3 is 2.41 bits per heavy atom. The third-order valence-corrected chi connectivity index (χ3v) is 3.42. The number of piperazine rings is 1. The van der Waals surface area contributed by atoms with Crippen LogP contribution in [0.25, 0.3) is 0 Å². The first-order valence-corrected chi connectivity index (χ1v) is 7.28. The average molecular weight is 308 g/mol. The van der Waals surface area contributed by atoms with Crippen LogP contribution >= 0.6 is 0 Å². The lowest BCUT2D eigenvalue weighted by Crippen LogP contribution is -2.50. The summed E-state index contributed by atoms with van der Waals surface area (Å²) in [5, 5.41) is 0. The van der Waals surface area contributed by atoms with E-state index in [-0.39, 0.29) is 11.7 Å². The molecule has 1 saturated heterocycles. The van der Waals surface area contributed by atoms with E-state index in [0.29, 0.717) is 38.2 Å². The molecule has 0 spiro atoms. The number of aldehydes is 1. The first-order chi connectivity index (χ1) is 10.3. The van der Waals surface area contributed by atoms with E-state index in [0.717, 1.165) is 0 Å². The fourth-order valence-electron chi connectivity index (χ4n) is 2.37. The summed E-state index contributed by atoms with van der Waals surface area (Å²) in [6.07, 6.45) is 0.187. The molecule has 1 aromatic rings. The number of benzene rings is 1. The van der Waals surface area contributed by atoms with Crippen molar-refractivity contribution in [1.82, 2.24) is 4.90 Å². The summed E-state index contributed by atoms with van der Waals surface area (Å²) in [7, 11) is 0. The fourth-order valence-corrected chi connectivity index (χ4v) is 2.37. The second-order valence-corrected chi connectivity index (χ2v) is 6.24. The lowest BCUT2D eigenvalue weighted by atomic mass is 10.1. The molecule has 0 unspecified atom stereocenters. The maximum atomic E-state index is 13.7. The normalized spacial score (nSPS) is 15.6. The van der Waals surface area contributed by atoms with Gasteiger partial charge in [0.25, 0.3) is 0 Å². The standard InChI is InChI=1S/C16H21FN2O3/c1-16(2,3)22-15(21)19-9-7-18(8-10-19)14-6-4-5-13(17)12(14)11-20/h4-6,11H,7-10H2,1-3H3. The number of rotatable bonds is 2. The number of carbonyl (C=O) groups excluding carboxylic acids is 2. The SMILES string of the molecule is CC(C)(C)OC(=O)N1CCN(c2cccc(F)c2C=O)CC1. The minimum absolute atomic E-state index is 0.0632. The Hall–Kier alpha value is -2.11. The molecule has 0 saturated carbocycles. The molecule has 1 aliphatic rings. The highest BCUT2D eigenvalue weighted by molar-refractivity contribution is 5.85. The molecule has 0 aliphatic carbocycles. The highest BCUT2D eigenvalue weighted by atomic mass is 19.1. The molecule has 0 radical (unpaired) electrons. The topological polar surface area (TPSA) is 49.9 Å². The van der Waals surface area contributed by atoms with Gasteiger partial charge >= 0.3 is 6.09 Å². The second kappa shape index (κ2) is 6.34. The zero-order valence-corrected chi connectivity index (χ0v) is 13.1. The van der Waals surface area contributed by atoms with Crippen molar-refractivity contribution >= 4 is 18.1 Å². The first-order valence-electron chi connectivity index (χ1n) is 7.28. The lowest BCUT2D eigenvalue weighted by Gasteiger charge is -2.37. The average Bonchev–Trinajstić information content (AvgIpc) is 2.45. The largest absolute Gasteiger partial charge is 0.444 e. The predicted octanol–water partition coefficient (Wildman–Crippen LogP) is 2.70. The van der Waals surface area contributed by atoms with Gasteiger partial charge in [0.15, 0.2) is 6.29 Å². The minimum Gasteiger partial charge on any atom is -0.444 e. The summed E-state index contributed by atoms with van der Waals surface area (Å²) in [4.78, 5) is 26.6. The van der Waals surface area contributed by atoms with Gasteiger partial charge in [0.1, 0.15) is 11.4 Å². The summed E-state index contributed by atoms with van der Waals surface area (Å²) >= 11 is 0. The van der Waals surface area contributed by atoms with Crippen LogP contribution in [0.15, 0.2) is 18.2 Å². The molecular formula is C16H21FN2O3. The summed E-state index contributed by atoms with van der Waals surface area (Å²) in [6.45, 7) is 7.49. The van der Waals surface area contributed by atoms with E-state index >= 15 is 0 Å². The number of nitrogens with zero attached hydrogens (tertiary/aromatic N) is 2. The van der Waals surface area contributed by atoms with Crippen molar-refractivity contribution in [3.8, 4) is 0 Å². The van der Waals surface area contributed by atoms with Crippen LogP contribution in [0.1, 0.15) is 31.1 Å². The number of carbonyl (C=O) groups is 2. The fraction of sp³-hybridized carbons (Fsp3) is 0.500. The van der Waals surface area contributed by atoms with Gasteiger partial charge in [0.05, 0.1) is 11.3 Å². The monoisotopic (exact) mass is 308 g/mol. The highest BCUT2D eigenvalue weighted by Crippen LogP contribution is 2.23. The molecule has 120 valence electrons. The van der Waals surface area contributed by atoms with Gasteiger partial charge in [0, 0.05) is 26.2 Å². The maximum absolute atomic E-state index is 13.7. The third kappa shape index (κ3) is 3.75. The molecule has 6 heteroatoms. The van der Waals surface area contributed by atoms with Crippen molar-refractivity contribution in [2.45, 2.75) is 26.4 Å². The predicted molar refractivity (Wildman–Crippen MR) is 81.8 cm³/mol. The Morgan fingerprint density at radius 2 is 1.86 bits per heavy atom. The second-order valence-electron chi connectivity index (χ2n) is 6.24. The Morgan fingerprint density at radius 1 is 1.23 bits per heavy atom. The highest BCUT2D eigenvalue weighted by Gasteiger charge is 2.27. The van der Waals surface area contributed by atoms with Crippen LogP contribution in [0.2, 0.25) is 0 Å². The Balaban J connectivity index is 2.02. The Labute approximate surface area is 129 Å². The van der Waals surface area contributed by atoms with Gasteiger partial charge in [0.2, 0.25) is 0 Å². The van der Waals surface area contributed by atoms with Gasteiger partial charge in [-0.2, -0.15) is 0 Å².